The summed E-state index contributed by atoms with van der Waals surface area (Å²) in [5.74, 6) is 4.72. The summed E-state index contributed by atoms with van der Waals surface area (Å²) in [7, 11) is 0. The number of benzene rings is 2. The van der Waals surface area contributed by atoms with E-state index in [0.717, 1.165) is 5.56 Å². The summed E-state index contributed by atoms with van der Waals surface area (Å²) in [6.45, 7) is 1.88. The molecule has 1 amide bonds. The van der Waals surface area contributed by atoms with Crippen LogP contribution in [-0.2, 0) is 0 Å². The van der Waals surface area contributed by atoms with Gasteiger partial charge in [0.05, 0.1) is 11.3 Å². The number of carbonyl (C=O) groups excluding carboxylic acids is 1. The molecule has 0 radical (unpaired) electrons. The van der Waals surface area contributed by atoms with Gasteiger partial charge in [0.2, 0.25) is 0 Å². The predicted octanol–water partition coefficient (Wildman–Crippen LogP) is 2.67. The Kier molecular flexibility index (Phi) is 3.77. The number of carbonyl (C=O) groups is 1. The number of amides is 1. The highest BCUT2D eigenvalue weighted by atomic mass is 19.1. The SMILES string of the molecule is Cc1ccc(NN)c(C(=O)Nc2ccc(F)cc2)c1. The van der Waals surface area contributed by atoms with Gasteiger partial charge in [-0.15, -0.1) is 0 Å². The molecule has 0 atom stereocenters. The second-order valence-corrected chi connectivity index (χ2v) is 4.15. The second kappa shape index (κ2) is 5.49. The van der Waals surface area contributed by atoms with Crippen LogP contribution in [0.1, 0.15) is 15.9 Å². The van der Waals surface area contributed by atoms with Gasteiger partial charge in [0.15, 0.2) is 0 Å². The number of aryl methyl sites for hydroxylation is 1. The number of rotatable bonds is 3. The number of nitrogens with one attached hydrogen (secondary N) is 2. The molecule has 2 rings (SSSR count). The van der Waals surface area contributed by atoms with Gasteiger partial charge in [-0.3, -0.25) is 10.6 Å². The molecule has 0 aliphatic heterocycles. The normalized spacial score (nSPS) is 10.1. The first-order valence-electron chi connectivity index (χ1n) is 5.74. The first-order valence-corrected chi connectivity index (χ1v) is 5.74. The molecular weight excluding hydrogens is 245 g/mol. The van der Waals surface area contributed by atoms with E-state index < -0.39 is 0 Å². The molecule has 0 aliphatic rings. The molecule has 0 heterocycles. The van der Waals surface area contributed by atoms with Crippen LogP contribution in [0.25, 0.3) is 0 Å². The molecule has 0 saturated carbocycles. The summed E-state index contributed by atoms with van der Waals surface area (Å²) in [4.78, 5) is 12.1. The van der Waals surface area contributed by atoms with Crippen LogP contribution in [0.15, 0.2) is 42.5 Å². The van der Waals surface area contributed by atoms with E-state index in [4.69, 9.17) is 5.84 Å². The first kappa shape index (κ1) is 13.0. The number of hydrazine groups is 1. The predicted molar refractivity (Wildman–Crippen MR) is 73.3 cm³/mol. The molecule has 5 heteroatoms. The van der Waals surface area contributed by atoms with E-state index in [2.05, 4.69) is 10.7 Å². The summed E-state index contributed by atoms with van der Waals surface area (Å²) >= 11 is 0. The average molecular weight is 259 g/mol. The lowest BCUT2D eigenvalue weighted by molar-refractivity contribution is 0.102. The molecule has 0 saturated heterocycles. The molecule has 4 N–H and O–H groups in total. The molecule has 0 spiro atoms. The van der Waals surface area contributed by atoms with Gasteiger partial charge in [0.1, 0.15) is 5.82 Å². The highest BCUT2D eigenvalue weighted by Gasteiger charge is 2.11. The van der Waals surface area contributed by atoms with Crippen LogP contribution in [0.5, 0.6) is 0 Å². The lowest BCUT2D eigenvalue weighted by Gasteiger charge is -2.10. The summed E-state index contributed by atoms with van der Waals surface area (Å²) in [5, 5.41) is 2.69. The quantitative estimate of drug-likeness (QED) is 0.586. The zero-order valence-electron chi connectivity index (χ0n) is 10.4. The van der Waals surface area contributed by atoms with Crippen molar-refractivity contribution in [2.75, 3.05) is 10.7 Å². The molecular formula is C14H14FN3O. The Balaban J connectivity index is 2.24. The Hall–Kier alpha value is -2.40. The molecule has 2 aromatic carbocycles. The summed E-state index contributed by atoms with van der Waals surface area (Å²) in [5.41, 5.74) is 4.92. The highest BCUT2D eigenvalue weighted by molar-refractivity contribution is 6.08. The third-order valence-electron chi connectivity index (χ3n) is 2.68. The van der Waals surface area contributed by atoms with Gasteiger partial charge in [-0.2, -0.15) is 0 Å². The van der Waals surface area contributed by atoms with E-state index in [1.807, 2.05) is 13.0 Å². The maximum atomic E-state index is 12.8. The largest absolute Gasteiger partial charge is 0.323 e. The zero-order chi connectivity index (χ0) is 13.8. The van der Waals surface area contributed by atoms with Crippen molar-refractivity contribution in [3.05, 3.63) is 59.4 Å². The van der Waals surface area contributed by atoms with Crippen LogP contribution < -0.4 is 16.6 Å². The van der Waals surface area contributed by atoms with Crippen LogP contribution in [0.4, 0.5) is 15.8 Å². The van der Waals surface area contributed by atoms with Crippen molar-refractivity contribution in [2.24, 2.45) is 5.84 Å². The van der Waals surface area contributed by atoms with Crippen LogP contribution in [-0.4, -0.2) is 5.91 Å². The fourth-order valence-corrected chi connectivity index (χ4v) is 1.70. The molecule has 0 fully saturated rings. The van der Waals surface area contributed by atoms with Crippen molar-refractivity contribution in [3.8, 4) is 0 Å². The Morgan fingerprint density at radius 1 is 1.16 bits per heavy atom. The number of hydrogen-bond acceptors (Lipinski definition) is 3. The third kappa shape index (κ3) is 3.08. The van der Waals surface area contributed by atoms with Crippen molar-refractivity contribution < 1.29 is 9.18 Å². The van der Waals surface area contributed by atoms with E-state index in [0.29, 0.717) is 16.9 Å². The highest BCUT2D eigenvalue weighted by Crippen LogP contribution is 2.18. The topological polar surface area (TPSA) is 67.1 Å². The molecule has 0 aliphatic carbocycles. The fraction of sp³-hybridized carbons (Fsp3) is 0.0714. The minimum Gasteiger partial charge on any atom is -0.323 e. The van der Waals surface area contributed by atoms with Crippen LogP contribution >= 0.6 is 0 Å². The van der Waals surface area contributed by atoms with Crippen LogP contribution in [0.2, 0.25) is 0 Å². The van der Waals surface area contributed by atoms with Gasteiger partial charge >= 0.3 is 0 Å². The van der Waals surface area contributed by atoms with E-state index in [-0.39, 0.29) is 11.7 Å². The smallest absolute Gasteiger partial charge is 0.257 e. The van der Waals surface area contributed by atoms with E-state index >= 15 is 0 Å². The number of halogens is 1. The summed E-state index contributed by atoms with van der Waals surface area (Å²) in [6.07, 6.45) is 0. The molecule has 0 bridgehead atoms. The van der Waals surface area contributed by atoms with Crippen LogP contribution in [0, 0.1) is 12.7 Å². The number of hydrogen-bond donors (Lipinski definition) is 3. The van der Waals surface area contributed by atoms with Crippen molar-refractivity contribution >= 4 is 17.3 Å². The van der Waals surface area contributed by atoms with Gasteiger partial charge in [-0.05, 0) is 43.3 Å². The van der Waals surface area contributed by atoms with E-state index in [1.54, 1.807) is 12.1 Å². The van der Waals surface area contributed by atoms with Gasteiger partial charge < -0.3 is 10.7 Å². The molecule has 0 unspecified atom stereocenters. The summed E-state index contributed by atoms with van der Waals surface area (Å²) in [6, 6.07) is 10.9. The maximum Gasteiger partial charge on any atom is 0.257 e. The number of anilines is 2. The van der Waals surface area contributed by atoms with Crippen molar-refractivity contribution in [2.45, 2.75) is 6.92 Å². The third-order valence-corrected chi connectivity index (χ3v) is 2.68. The Labute approximate surface area is 110 Å². The Bertz CT molecular complexity index is 596. The van der Waals surface area contributed by atoms with Crippen LogP contribution in [0.3, 0.4) is 0 Å². The van der Waals surface area contributed by atoms with E-state index in [1.165, 1.54) is 24.3 Å². The summed E-state index contributed by atoms with van der Waals surface area (Å²) < 4.78 is 12.8. The Morgan fingerprint density at radius 2 is 1.84 bits per heavy atom. The van der Waals surface area contributed by atoms with Gasteiger partial charge in [-0.25, -0.2) is 4.39 Å². The number of nitrogens with two attached hydrogens (primary N) is 1. The lowest BCUT2D eigenvalue weighted by Crippen LogP contribution is -2.17. The second-order valence-electron chi connectivity index (χ2n) is 4.15. The monoisotopic (exact) mass is 259 g/mol. The number of nitrogen functional groups attached to an aromatic ring is 1. The molecule has 19 heavy (non-hydrogen) atoms. The van der Waals surface area contributed by atoms with Gasteiger partial charge in [0, 0.05) is 5.69 Å². The Morgan fingerprint density at radius 3 is 2.47 bits per heavy atom. The first-order chi connectivity index (χ1) is 9.10. The van der Waals surface area contributed by atoms with Crippen molar-refractivity contribution in [1.29, 1.82) is 0 Å². The van der Waals surface area contributed by atoms with Crippen molar-refractivity contribution in [1.82, 2.24) is 0 Å². The minimum absolute atomic E-state index is 0.303. The molecule has 0 aromatic heterocycles. The fourth-order valence-electron chi connectivity index (χ4n) is 1.70. The molecule has 2 aromatic rings. The molecule has 4 nitrogen and oxygen atoms in total. The zero-order valence-corrected chi connectivity index (χ0v) is 10.4. The minimum atomic E-state index is -0.349. The van der Waals surface area contributed by atoms with Gasteiger partial charge in [0.25, 0.3) is 5.91 Å². The van der Waals surface area contributed by atoms with Crippen molar-refractivity contribution in [3.63, 3.8) is 0 Å². The standard InChI is InChI=1S/C14H14FN3O/c1-9-2-7-13(18-16)12(8-9)14(19)17-11-5-3-10(15)4-6-11/h2-8,18H,16H2,1H3,(H,17,19). The average Bonchev–Trinajstić information content (AvgIpc) is 2.41. The van der Waals surface area contributed by atoms with Gasteiger partial charge in [-0.1, -0.05) is 11.6 Å². The lowest BCUT2D eigenvalue weighted by atomic mass is 10.1. The maximum absolute atomic E-state index is 12.8. The van der Waals surface area contributed by atoms with E-state index in [9.17, 15) is 9.18 Å². The molecule has 98 valence electrons.